The van der Waals surface area contributed by atoms with Crippen LogP contribution in [0.1, 0.15) is 37.3 Å². The van der Waals surface area contributed by atoms with Gasteiger partial charge in [-0.25, -0.2) is 12.7 Å². The van der Waals surface area contributed by atoms with E-state index in [1.54, 1.807) is 13.1 Å². The lowest BCUT2D eigenvalue weighted by Gasteiger charge is -2.18. The first-order valence-corrected chi connectivity index (χ1v) is 9.15. The van der Waals surface area contributed by atoms with E-state index in [4.69, 9.17) is 0 Å². The van der Waals surface area contributed by atoms with E-state index >= 15 is 0 Å². The van der Waals surface area contributed by atoms with E-state index in [-0.39, 0.29) is 0 Å². The Morgan fingerprint density at radius 3 is 2.67 bits per heavy atom. The maximum Gasteiger partial charge on any atom is 0.242 e. The van der Waals surface area contributed by atoms with Crippen LogP contribution in [0.3, 0.4) is 0 Å². The molecule has 0 amide bonds. The summed E-state index contributed by atoms with van der Waals surface area (Å²) in [6.07, 6.45) is 3.38. The van der Waals surface area contributed by atoms with E-state index in [1.807, 2.05) is 19.1 Å². The van der Waals surface area contributed by atoms with Crippen LogP contribution in [0, 0.1) is 12.8 Å². The summed E-state index contributed by atoms with van der Waals surface area (Å²) in [5.74, 6) is 0.556. The molecule has 2 rings (SSSR count). The molecule has 1 aliphatic carbocycles. The lowest BCUT2D eigenvalue weighted by molar-refractivity contribution is 0.452. The third kappa shape index (κ3) is 4.28. The first-order valence-electron chi connectivity index (χ1n) is 7.71. The first kappa shape index (κ1) is 16.5. The lowest BCUT2D eigenvalue weighted by atomic mass is 10.1. The molecule has 4 nitrogen and oxygen atoms in total. The molecule has 1 aromatic carbocycles. The van der Waals surface area contributed by atoms with Gasteiger partial charge < -0.3 is 5.32 Å². The normalized spacial score (nSPS) is 15.6. The molecule has 1 aliphatic rings. The van der Waals surface area contributed by atoms with E-state index in [0.717, 1.165) is 43.5 Å². The Bertz CT molecular complexity index is 580. The van der Waals surface area contributed by atoms with Crippen LogP contribution in [-0.4, -0.2) is 32.9 Å². The highest BCUT2D eigenvalue weighted by Crippen LogP contribution is 2.31. The predicted molar refractivity (Wildman–Crippen MR) is 85.7 cm³/mol. The molecule has 0 spiro atoms. The summed E-state index contributed by atoms with van der Waals surface area (Å²) in [5.41, 5.74) is 2.19. The minimum Gasteiger partial charge on any atom is -0.313 e. The highest BCUT2D eigenvalue weighted by Gasteiger charge is 2.29. The smallest absolute Gasteiger partial charge is 0.242 e. The van der Waals surface area contributed by atoms with Gasteiger partial charge in [-0.3, -0.25) is 0 Å². The van der Waals surface area contributed by atoms with Crippen molar-refractivity contribution >= 4 is 10.0 Å². The molecule has 0 atom stereocenters. The minimum atomic E-state index is -3.36. The van der Waals surface area contributed by atoms with Gasteiger partial charge in [-0.1, -0.05) is 13.0 Å². The Hall–Kier alpha value is -0.910. The highest BCUT2D eigenvalue weighted by atomic mass is 32.2. The van der Waals surface area contributed by atoms with Gasteiger partial charge in [-0.15, -0.1) is 0 Å². The number of nitrogens with one attached hydrogen (secondary N) is 1. The molecular weight excluding hydrogens is 284 g/mol. The van der Waals surface area contributed by atoms with Crippen molar-refractivity contribution in [2.45, 2.75) is 44.6 Å². The minimum absolute atomic E-state index is 0.407. The summed E-state index contributed by atoms with van der Waals surface area (Å²) >= 11 is 0. The van der Waals surface area contributed by atoms with E-state index in [2.05, 4.69) is 12.2 Å². The molecular formula is C16H26N2O2S. The number of benzene rings is 1. The molecule has 1 N–H and O–H groups in total. The molecule has 1 aromatic rings. The van der Waals surface area contributed by atoms with Gasteiger partial charge in [0.2, 0.25) is 10.0 Å². The van der Waals surface area contributed by atoms with E-state index < -0.39 is 10.0 Å². The number of hydrogen-bond acceptors (Lipinski definition) is 3. The molecule has 0 radical (unpaired) electrons. The standard InChI is InChI=1S/C16H26N2O2S/c1-4-9-17-11-15-10-16(8-5-13(15)2)21(19,20)18(3)12-14-6-7-14/h5,8,10,14,17H,4,6-7,9,11-12H2,1-3H3. The van der Waals surface area contributed by atoms with Crippen molar-refractivity contribution in [1.82, 2.24) is 9.62 Å². The van der Waals surface area contributed by atoms with E-state index in [1.165, 1.54) is 4.31 Å². The maximum absolute atomic E-state index is 12.6. The Balaban J connectivity index is 2.15. The quantitative estimate of drug-likeness (QED) is 0.751. The number of nitrogens with zero attached hydrogens (tertiary/aromatic N) is 1. The fourth-order valence-corrected chi connectivity index (χ4v) is 3.64. The predicted octanol–water partition coefficient (Wildman–Crippen LogP) is 2.53. The van der Waals surface area contributed by atoms with Crippen molar-refractivity contribution in [3.63, 3.8) is 0 Å². The fraction of sp³-hybridized carbons (Fsp3) is 0.625. The molecule has 5 heteroatoms. The molecule has 1 saturated carbocycles. The van der Waals surface area contributed by atoms with Crippen LogP contribution in [0.25, 0.3) is 0 Å². The van der Waals surface area contributed by atoms with Crippen LogP contribution in [0.15, 0.2) is 23.1 Å². The lowest BCUT2D eigenvalue weighted by Crippen LogP contribution is -2.29. The van der Waals surface area contributed by atoms with Crippen molar-refractivity contribution in [3.8, 4) is 0 Å². The molecule has 0 aliphatic heterocycles. The maximum atomic E-state index is 12.6. The van der Waals surface area contributed by atoms with Gasteiger partial charge in [0.15, 0.2) is 0 Å². The fourth-order valence-electron chi connectivity index (χ4n) is 2.34. The van der Waals surface area contributed by atoms with Crippen molar-refractivity contribution < 1.29 is 8.42 Å². The molecule has 0 saturated heterocycles. The van der Waals surface area contributed by atoms with E-state index in [9.17, 15) is 8.42 Å². The molecule has 0 aromatic heterocycles. The Kier molecular flexibility index (Phi) is 5.41. The topological polar surface area (TPSA) is 49.4 Å². The van der Waals surface area contributed by atoms with Crippen molar-refractivity contribution in [2.75, 3.05) is 20.1 Å². The number of hydrogen-bond donors (Lipinski definition) is 1. The molecule has 0 heterocycles. The Morgan fingerprint density at radius 1 is 1.33 bits per heavy atom. The number of rotatable bonds is 8. The third-order valence-electron chi connectivity index (χ3n) is 3.98. The molecule has 0 bridgehead atoms. The second kappa shape index (κ2) is 6.90. The second-order valence-electron chi connectivity index (χ2n) is 5.99. The molecule has 0 unspecified atom stereocenters. The Labute approximate surface area is 128 Å². The van der Waals surface area contributed by atoms with Gasteiger partial charge in [-0.2, -0.15) is 0 Å². The summed E-state index contributed by atoms with van der Waals surface area (Å²) in [6, 6.07) is 5.44. The Morgan fingerprint density at radius 2 is 2.05 bits per heavy atom. The summed E-state index contributed by atoms with van der Waals surface area (Å²) in [6.45, 7) is 6.44. The number of aryl methyl sites for hydroxylation is 1. The SMILES string of the molecule is CCCNCc1cc(S(=O)(=O)N(C)CC2CC2)ccc1C. The zero-order valence-corrected chi connectivity index (χ0v) is 14.0. The summed E-state index contributed by atoms with van der Waals surface area (Å²) < 4.78 is 26.7. The second-order valence-corrected chi connectivity index (χ2v) is 8.04. The van der Waals surface area contributed by atoms with Crippen LogP contribution in [0.2, 0.25) is 0 Å². The zero-order valence-electron chi connectivity index (χ0n) is 13.2. The highest BCUT2D eigenvalue weighted by molar-refractivity contribution is 7.89. The van der Waals surface area contributed by atoms with Gasteiger partial charge in [0.05, 0.1) is 4.90 Å². The van der Waals surface area contributed by atoms with Gasteiger partial charge in [-0.05, 0) is 61.9 Å². The van der Waals surface area contributed by atoms with Crippen LogP contribution >= 0.6 is 0 Å². The average Bonchev–Trinajstić information content (AvgIpc) is 3.24. The van der Waals surface area contributed by atoms with Gasteiger partial charge in [0.25, 0.3) is 0 Å². The molecule has 118 valence electrons. The van der Waals surface area contributed by atoms with Gasteiger partial charge in [0.1, 0.15) is 0 Å². The average molecular weight is 310 g/mol. The summed E-state index contributed by atoms with van der Waals surface area (Å²) in [7, 11) is -1.68. The third-order valence-corrected chi connectivity index (χ3v) is 5.80. The summed E-state index contributed by atoms with van der Waals surface area (Å²) in [5, 5.41) is 3.33. The van der Waals surface area contributed by atoms with Crippen molar-refractivity contribution in [1.29, 1.82) is 0 Å². The zero-order chi connectivity index (χ0) is 15.5. The van der Waals surface area contributed by atoms with E-state index in [0.29, 0.717) is 17.4 Å². The van der Waals surface area contributed by atoms with Gasteiger partial charge in [0, 0.05) is 20.1 Å². The van der Waals surface area contributed by atoms with Crippen LogP contribution in [-0.2, 0) is 16.6 Å². The monoisotopic (exact) mass is 310 g/mol. The summed E-state index contributed by atoms with van der Waals surface area (Å²) in [4.78, 5) is 0.407. The molecule has 1 fully saturated rings. The largest absolute Gasteiger partial charge is 0.313 e. The van der Waals surface area contributed by atoms with Crippen LogP contribution < -0.4 is 5.32 Å². The number of sulfonamides is 1. The van der Waals surface area contributed by atoms with Crippen LogP contribution in [0.4, 0.5) is 0 Å². The van der Waals surface area contributed by atoms with Crippen LogP contribution in [0.5, 0.6) is 0 Å². The van der Waals surface area contributed by atoms with Gasteiger partial charge >= 0.3 is 0 Å². The molecule has 21 heavy (non-hydrogen) atoms. The van der Waals surface area contributed by atoms with Crippen molar-refractivity contribution in [3.05, 3.63) is 29.3 Å². The first-order chi connectivity index (χ1) is 9.95. The van der Waals surface area contributed by atoms with Crippen molar-refractivity contribution in [2.24, 2.45) is 5.92 Å².